The summed E-state index contributed by atoms with van der Waals surface area (Å²) < 4.78 is 64.1. The van der Waals surface area contributed by atoms with E-state index < -0.39 is 35.2 Å². The molecule has 0 radical (unpaired) electrons. The van der Waals surface area contributed by atoms with Gasteiger partial charge in [-0.2, -0.15) is 0 Å². The Morgan fingerprint density at radius 3 is 1.53 bits per heavy atom. The molecule has 4 saturated heterocycles. The number of cyclic esters (lactones) is 1. The fourth-order valence-electron chi connectivity index (χ4n) is 10.1. The van der Waals surface area contributed by atoms with E-state index in [0.29, 0.717) is 44.9 Å². The molecule has 0 spiro atoms. The lowest BCUT2D eigenvalue weighted by molar-refractivity contribution is -0.342. The highest BCUT2D eigenvalue weighted by Gasteiger charge is 2.46. The van der Waals surface area contributed by atoms with Crippen LogP contribution in [-0.4, -0.2) is 96.1 Å². The second kappa shape index (κ2) is 23.9. The van der Waals surface area contributed by atoms with E-state index in [1.807, 2.05) is 131 Å². The summed E-state index contributed by atoms with van der Waals surface area (Å²) in [5, 5.41) is 0. The van der Waals surface area contributed by atoms with E-state index in [1.165, 1.54) is 13.0 Å². The van der Waals surface area contributed by atoms with Crippen LogP contribution in [0, 0.1) is 17.8 Å². The second-order valence-electron chi connectivity index (χ2n) is 21.0. The van der Waals surface area contributed by atoms with Gasteiger partial charge in [0.1, 0.15) is 12.2 Å². The summed E-state index contributed by atoms with van der Waals surface area (Å²) in [6.45, 7) is 25.4. The molecule has 0 saturated carbocycles. The topological polar surface area (TPSA) is 126 Å². The fraction of sp³-hybridized carbons (Fsp3) is 0.704. The van der Waals surface area contributed by atoms with Crippen molar-refractivity contribution in [2.45, 2.75) is 226 Å². The minimum absolute atomic E-state index is 0.0291. The van der Waals surface area contributed by atoms with Crippen molar-refractivity contribution >= 4 is 11.9 Å². The van der Waals surface area contributed by atoms with Gasteiger partial charge in [0.15, 0.2) is 23.1 Å². The van der Waals surface area contributed by atoms with Gasteiger partial charge in [0.2, 0.25) is 0 Å². The highest BCUT2D eigenvalue weighted by atomic mass is 16.7. The van der Waals surface area contributed by atoms with E-state index in [4.69, 9.17) is 47.4 Å². The molecule has 0 aromatic carbocycles. The van der Waals surface area contributed by atoms with Crippen LogP contribution in [0.15, 0.2) is 85.1 Å². The zero-order valence-corrected chi connectivity index (χ0v) is 42.1. The molecule has 12 nitrogen and oxygen atoms in total. The molecular formula is C54H82O12. The molecule has 8 bridgehead atoms. The number of esters is 2. The number of carbonyl (C=O) groups is 2. The first-order valence-corrected chi connectivity index (χ1v) is 24.4. The van der Waals surface area contributed by atoms with Crippen LogP contribution in [0.1, 0.15) is 141 Å². The Kier molecular flexibility index (Phi) is 19.5. The van der Waals surface area contributed by atoms with Crippen molar-refractivity contribution in [3.05, 3.63) is 85.1 Å². The van der Waals surface area contributed by atoms with E-state index in [0.717, 1.165) is 6.42 Å². The number of allylic oxidation sites excluding steroid dienone is 10. The van der Waals surface area contributed by atoms with Gasteiger partial charge in [-0.1, -0.05) is 107 Å². The van der Waals surface area contributed by atoms with Gasteiger partial charge in [-0.25, -0.2) is 4.79 Å². The van der Waals surface area contributed by atoms with Crippen molar-refractivity contribution in [1.29, 1.82) is 0 Å². The Bertz CT molecular complexity index is 1780. The number of hydrogen-bond acceptors (Lipinski definition) is 12. The molecular weight excluding hydrogens is 841 g/mol. The summed E-state index contributed by atoms with van der Waals surface area (Å²) in [7, 11) is 0. The molecule has 0 aromatic rings. The molecule has 12 atom stereocenters. The van der Waals surface area contributed by atoms with Crippen molar-refractivity contribution in [3.8, 4) is 0 Å². The first-order chi connectivity index (χ1) is 31.0. The summed E-state index contributed by atoms with van der Waals surface area (Å²) in [6.07, 6.45) is 29.6. The molecule has 5 rings (SSSR count). The second-order valence-corrected chi connectivity index (χ2v) is 21.0. The van der Waals surface area contributed by atoms with E-state index >= 15 is 0 Å². The number of hydrogen-bond donors (Lipinski definition) is 0. The Labute approximate surface area is 396 Å². The summed E-state index contributed by atoms with van der Waals surface area (Å²) in [5.41, 5.74) is 0. The van der Waals surface area contributed by atoms with Crippen LogP contribution >= 0.6 is 0 Å². The van der Waals surface area contributed by atoms with Gasteiger partial charge in [-0.3, -0.25) is 4.79 Å². The van der Waals surface area contributed by atoms with Crippen molar-refractivity contribution in [2.24, 2.45) is 17.8 Å². The van der Waals surface area contributed by atoms with Crippen LogP contribution < -0.4 is 0 Å². The predicted molar refractivity (Wildman–Crippen MR) is 255 cm³/mol. The quantitative estimate of drug-likeness (QED) is 0.193. The molecule has 5 aliphatic rings. The van der Waals surface area contributed by atoms with E-state index in [1.54, 1.807) is 12.2 Å². The standard InChI is InChI=1S/C54H82O12/c1-36(2)50-37(3)27-28-40-29-42(60-51(6,7)59-40)30-41(57-39(5)55)31-43-32-44(62-52(8,9)61-43)33-45-34-46(64-53(10,11)63-45)35-48-38(4)47(65-54(12,13)66-48)25-23-21-19-17-15-14-16-18-20-22-24-26-49(56)58-50/h14-24,26-28,36-38,40-48,50H,25,29-35H2,1-13H3/b15-14+,18-16+,19-17+,22-20+,23-21+,26-24+,28-27+/t37-,38-,40-,41-,42-,43+,44-,45+,46+,47-,48+,50-/m0/s1. The van der Waals surface area contributed by atoms with Crippen LogP contribution in [0.2, 0.25) is 0 Å². The van der Waals surface area contributed by atoms with E-state index in [-0.39, 0.29) is 78.7 Å². The highest BCUT2D eigenvalue weighted by molar-refractivity contribution is 5.82. The average molecular weight is 923 g/mol. The van der Waals surface area contributed by atoms with Crippen molar-refractivity contribution in [1.82, 2.24) is 0 Å². The lowest BCUT2D eigenvalue weighted by atomic mass is 9.87. The molecule has 5 aliphatic heterocycles. The van der Waals surface area contributed by atoms with Crippen molar-refractivity contribution in [2.75, 3.05) is 0 Å². The van der Waals surface area contributed by atoms with Gasteiger partial charge in [0.25, 0.3) is 0 Å². The molecule has 5 heterocycles. The number of carbonyl (C=O) groups excluding carboxylic acids is 2. The highest BCUT2D eigenvalue weighted by Crippen LogP contribution is 2.41. The first kappa shape index (κ1) is 53.8. The smallest absolute Gasteiger partial charge is 0.331 e. The maximum Gasteiger partial charge on any atom is 0.331 e. The largest absolute Gasteiger partial charge is 0.462 e. The fourth-order valence-corrected chi connectivity index (χ4v) is 10.1. The van der Waals surface area contributed by atoms with Crippen LogP contribution in [0.3, 0.4) is 0 Å². The molecule has 0 aliphatic carbocycles. The maximum absolute atomic E-state index is 12.9. The Morgan fingerprint density at radius 2 is 1.00 bits per heavy atom. The van der Waals surface area contributed by atoms with Gasteiger partial charge in [-0.05, 0) is 67.7 Å². The molecule has 0 aromatic heterocycles. The number of fused-ring (bicyclic) bond motifs is 8. The number of rotatable bonds is 2. The monoisotopic (exact) mass is 923 g/mol. The third kappa shape index (κ3) is 18.0. The average Bonchev–Trinajstić information content (AvgIpc) is 3.16. The molecule has 4 fully saturated rings. The number of ether oxygens (including phenoxy) is 10. The minimum atomic E-state index is -0.886. The maximum atomic E-state index is 12.9. The normalized spacial score (nSPS) is 40.3. The van der Waals surface area contributed by atoms with Crippen molar-refractivity contribution < 1.29 is 57.0 Å². The summed E-state index contributed by atoms with van der Waals surface area (Å²) >= 11 is 0. The van der Waals surface area contributed by atoms with E-state index in [2.05, 4.69) is 19.1 Å². The summed E-state index contributed by atoms with van der Waals surface area (Å²) in [5.74, 6) is -3.94. The summed E-state index contributed by atoms with van der Waals surface area (Å²) in [6, 6.07) is 0. The van der Waals surface area contributed by atoms with Gasteiger partial charge in [0.05, 0.1) is 48.8 Å². The van der Waals surface area contributed by atoms with Gasteiger partial charge in [-0.15, -0.1) is 0 Å². The first-order valence-electron chi connectivity index (χ1n) is 24.4. The molecule has 0 amide bonds. The molecule has 0 N–H and O–H groups in total. The molecule has 0 unspecified atom stereocenters. The van der Waals surface area contributed by atoms with Crippen LogP contribution in [-0.2, 0) is 57.0 Å². The van der Waals surface area contributed by atoms with Gasteiger partial charge in [0, 0.05) is 69.8 Å². The third-order valence-corrected chi connectivity index (χ3v) is 12.5. The molecule has 66 heavy (non-hydrogen) atoms. The molecule has 12 heteroatoms. The summed E-state index contributed by atoms with van der Waals surface area (Å²) in [4.78, 5) is 25.5. The zero-order valence-electron chi connectivity index (χ0n) is 42.1. The minimum Gasteiger partial charge on any atom is -0.462 e. The zero-order chi connectivity index (χ0) is 48.3. The van der Waals surface area contributed by atoms with Crippen LogP contribution in [0.5, 0.6) is 0 Å². The Morgan fingerprint density at radius 1 is 0.561 bits per heavy atom. The van der Waals surface area contributed by atoms with E-state index in [9.17, 15) is 9.59 Å². The van der Waals surface area contributed by atoms with Crippen LogP contribution in [0.25, 0.3) is 0 Å². The SMILES string of the molecule is CC(=O)O[C@@H]1C[C@@H]2C[C@@H](C[C@@H]3C[C@H](C[C@H]4OC(C)(C)O[C@@H](C/C=C/C=C/C=C/C=C/C=C/C=C/C(=O)O[C@@H](C(C)C)[C@@H](C)/C=C/[C@H]5C[C@@H](C1)OC(C)(C)O5)[C@@H]4C)OC(C)(C)O3)OC(C)(C)O2. The van der Waals surface area contributed by atoms with Crippen LogP contribution in [0.4, 0.5) is 0 Å². The third-order valence-electron chi connectivity index (χ3n) is 12.5. The lowest BCUT2D eigenvalue weighted by Gasteiger charge is -2.48. The predicted octanol–water partition coefficient (Wildman–Crippen LogP) is 10.9. The van der Waals surface area contributed by atoms with Gasteiger partial charge >= 0.3 is 11.9 Å². The lowest BCUT2D eigenvalue weighted by Crippen LogP contribution is -2.53. The Hall–Kier alpha value is -3.20. The van der Waals surface area contributed by atoms with Crippen molar-refractivity contribution in [3.63, 3.8) is 0 Å². The molecule has 370 valence electrons. The Balaban J connectivity index is 1.37. The van der Waals surface area contributed by atoms with Gasteiger partial charge < -0.3 is 47.4 Å².